The van der Waals surface area contributed by atoms with Gasteiger partial charge in [-0.1, -0.05) is 29.8 Å². The molecule has 0 saturated carbocycles. The summed E-state index contributed by atoms with van der Waals surface area (Å²) in [6.45, 7) is 0.467. The Hall–Kier alpha value is -3.03. The summed E-state index contributed by atoms with van der Waals surface area (Å²) in [7, 11) is 4.80. The zero-order valence-corrected chi connectivity index (χ0v) is 20.2. The van der Waals surface area contributed by atoms with Gasteiger partial charge in [-0.15, -0.1) is 11.3 Å². The van der Waals surface area contributed by atoms with Gasteiger partial charge in [0.1, 0.15) is 0 Å². The highest BCUT2D eigenvalue weighted by molar-refractivity contribution is 7.10. The van der Waals surface area contributed by atoms with Crippen molar-refractivity contribution in [2.45, 2.75) is 18.4 Å². The molecule has 1 aliphatic rings. The first-order chi connectivity index (χ1) is 15.9. The van der Waals surface area contributed by atoms with Gasteiger partial charge in [0.15, 0.2) is 11.5 Å². The fourth-order valence-corrected chi connectivity index (χ4v) is 5.27. The minimum atomic E-state index is -0.591. The second-order valence-corrected chi connectivity index (χ2v) is 9.23. The number of carbonyl (C=O) groups is 2. The summed E-state index contributed by atoms with van der Waals surface area (Å²) in [6.07, 6.45) is 0.673. The number of methoxy groups -OCH3 is 2. The van der Waals surface area contributed by atoms with Crippen LogP contribution in [0.25, 0.3) is 0 Å². The highest BCUT2D eigenvalue weighted by atomic mass is 35.5. The third-order valence-electron chi connectivity index (χ3n) is 5.92. The van der Waals surface area contributed by atoms with E-state index in [0.29, 0.717) is 40.6 Å². The monoisotopic (exact) mass is 484 g/mol. The Morgan fingerprint density at radius 3 is 2.45 bits per heavy atom. The number of halogens is 1. The summed E-state index contributed by atoms with van der Waals surface area (Å²) in [5.74, 6) is 0.0445. The zero-order chi connectivity index (χ0) is 23.5. The Morgan fingerprint density at radius 1 is 1.12 bits per heavy atom. The van der Waals surface area contributed by atoms with Crippen LogP contribution in [0.1, 0.15) is 38.3 Å². The van der Waals surface area contributed by atoms with E-state index in [9.17, 15) is 9.59 Å². The number of ether oxygens (including phenoxy) is 2. The van der Waals surface area contributed by atoms with Crippen LogP contribution in [0.5, 0.6) is 11.5 Å². The molecule has 172 valence electrons. The van der Waals surface area contributed by atoms with E-state index < -0.39 is 12.0 Å². The number of rotatable bonds is 7. The van der Waals surface area contributed by atoms with Crippen molar-refractivity contribution in [3.05, 3.63) is 80.5 Å². The third-order valence-corrected chi connectivity index (χ3v) is 7.11. The third kappa shape index (κ3) is 4.56. The molecule has 2 amide bonds. The number of benzene rings is 2. The number of hydrogen-bond donors (Lipinski definition) is 1. The maximum atomic E-state index is 13.6. The Balaban J connectivity index is 1.68. The van der Waals surface area contributed by atoms with Crippen molar-refractivity contribution >= 4 is 34.8 Å². The lowest BCUT2D eigenvalue weighted by molar-refractivity contribution is -0.124. The average Bonchev–Trinajstić information content (AvgIpc) is 3.36. The van der Waals surface area contributed by atoms with E-state index in [1.807, 2.05) is 41.8 Å². The van der Waals surface area contributed by atoms with Crippen LogP contribution in [0, 0.1) is 0 Å². The van der Waals surface area contributed by atoms with Crippen molar-refractivity contribution in [1.29, 1.82) is 0 Å². The van der Waals surface area contributed by atoms with Gasteiger partial charge in [0.25, 0.3) is 5.91 Å². The van der Waals surface area contributed by atoms with Crippen LogP contribution < -0.4 is 14.8 Å². The number of amides is 2. The van der Waals surface area contributed by atoms with Gasteiger partial charge < -0.3 is 19.7 Å². The quantitative estimate of drug-likeness (QED) is 0.528. The molecule has 0 bridgehead atoms. The lowest BCUT2D eigenvalue weighted by Gasteiger charge is -2.39. The van der Waals surface area contributed by atoms with Gasteiger partial charge in [-0.25, -0.2) is 0 Å². The highest BCUT2D eigenvalue weighted by Gasteiger charge is 2.43. The van der Waals surface area contributed by atoms with E-state index in [0.717, 1.165) is 10.4 Å². The molecule has 6 nitrogen and oxygen atoms in total. The molecule has 3 aromatic rings. The average molecular weight is 485 g/mol. The zero-order valence-electron chi connectivity index (χ0n) is 18.6. The molecule has 0 saturated heterocycles. The maximum absolute atomic E-state index is 13.6. The van der Waals surface area contributed by atoms with Crippen LogP contribution in [-0.2, 0) is 11.2 Å². The molecular weight excluding hydrogens is 460 g/mol. The minimum absolute atomic E-state index is 0.143. The molecule has 0 fully saturated rings. The molecule has 33 heavy (non-hydrogen) atoms. The second-order valence-electron chi connectivity index (χ2n) is 7.82. The smallest absolute Gasteiger partial charge is 0.254 e. The van der Waals surface area contributed by atoms with Gasteiger partial charge in [0.2, 0.25) is 5.91 Å². The molecule has 0 unspecified atom stereocenters. The van der Waals surface area contributed by atoms with E-state index in [1.54, 1.807) is 31.2 Å². The molecule has 1 aromatic heterocycles. The van der Waals surface area contributed by atoms with Crippen LogP contribution in [-0.4, -0.2) is 44.5 Å². The molecule has 2 heterocycles. The Bertz CT molecular complexity index is 1150. The predicted molar refractivity (Wildman–Crippen MR) is 130 cm³/mol. The predicted octanol–water partition coefficient (Wildman–Crippen LogP) is 4.69. The van der Waals surface area contributed by atoms with E-state index in [1.165, 1.54) is 18.4 Å². The summed E-state index contributed by atoms with van der Waals surface area (Å²) in [5.41, 5.74) is 2.16. The van der Waals surface area contributed by atoms with Crippen molar-refractivity contribution in [1.82, 2.24) is 10.2 Å². The highest BCUT2D eigenvalue weighted by Crippen LogP contribution is 2.46. The van der Waals surface area contributed by atoms with Crippen molar-refractivity contribution in [3.63, 3.8) is 0 Å². The van der Waals surface area contributed by atoms with Gasteiger partial charge in [-0.2, -0.15) is 0 Å². The molecule has 0 aliphatic carbocycles. The summed E-state index contributed by atoms with van der Waals surface area (Å²) in [5, 5.41) is 5.70. The van der Waals surface area contributed by atoms with Gasteiger partial charge in [0, 0.05) is 29.1 Å². The molecule has 1 aliphatic heterocycles. The van der Waals surface area contributed by atoms with Crippen molar-refractivity contribution in [2.75, 3.05) is 27.8 Å². The van der Waals surface area contributed by atoms with Crippen molar-refractivity contribution < 1.29 is 19.1 Å². The van der Waals surface area contributed by atoms with Crippen LogP contribution in [0.4, 0.5) is 0 Å². The lowest BCUT2D eigenvalue weighted by atomic mass is 9.81. The van der Waals surface area contributed by atoms with Gasteiger partial charge in [0.05, 0.1) is 26.2 Å². The Kier molecular flexibility index (Phi) is 6.91. The Labute approximate surface area is 202 Å². The van der Waals surface area contributed by atoms with E-state index in [4.69, 9.17) is 21.1 Å². The molecule has 0 radical (unpaired) electrons. The number of likely N-dealkylation sites (N-methyl/N-ethyl adjacent to an activating group) is 1. The summed E-state index contributed by atoms with van der Waals surface area (Å²) < 4.78 is 10.9. The van der Waals surface area contributed by atoms with Crippen LogP contribution in [0.3, 0.4) is 0 Å². The number of nitrogens with one attached hydrogen (secondary N) is 1. The van der Waals surface area contributed by atoms with Gasteiger partial charge in [-0.05, 0) is 53.3 Å². The van der Waals surface area contributed by atoms with E-state index >= 15 is 0 Å². The van der Waals surface area contributed by atoms with Crippen LogP contribution in [0.2, 0.25) is 5.02 Å². The number of fused-ring (bicyclic) bond motifs is 1. The van der Waals surface area contributed by atoms with E-state index in [-0.39, 0.29) is 11.8 Å². The maximum Gasteiger partial charge on any atom is 0.254 e. The first-order valence-corrected chi connectivity index (χ1v) is 11.8. The first kappa shape index (κ1) is 23.1. The normalized spacial score (nSPS) is 17.5. The number of carbonyl (C=O) groups excluding carboxylic acids is 2. The fourth-order valence-electron chi connectivity index (χ4n) is 4.24. The Morgan fingerprint density at radius 2 is 1.82 bits per heavy atom. The fraction of sp³-hybridized carbons (Fsp3) is 0.280. The molecule has 8 heteroatoms. The van der Waals surface area contributed by atoms with Crippen LogP contribution >= 0.6 is 22.9 Å². The minimum Gasteiger partial charge on any atom is -0.493 e. The van der Waals surface area contributed by atoms with Crippen molar-refractivity contribution in [2.24, 2.45) is 0 Å². The molecule has 2 aromatic carbocycles. The molecular formula is C25H25ClN2O4S. The van der Waals surface area contributed by atoms with Gasteiger partial charge in [-0.3, -0.25) is 9.59 Å². The standard InChI is InChI=1S/C25H25ClN2O4S/c1-28-23(21-5-4-12-33-21)22(24(29)27-11-10-15-6-8-16(26)9-7-15)17-13-19(31-2)20(32-3)14-18(17)25(28)30/h4-9,12-14,22-23H,10-11H2,1-3H3,(H,27,29)/t22-,23-/m0/s1. The SMILES string of the molecule is COc1cc2c(cc1OC)[C@H](C(=O)NCCc1ccc(Cl)cc1)[C@H](c1cccs1)N(C)C2=O. The largest absolute Gasteiger partial charge is 0.493 e. The topological polar surface area (TPSA) is 67.9 Å². The molecule has 1 N–H and O–H groups in total. The molecule has 0 spiro atoms. The second kappa shape index (κ2) is 9.85. The number of nitrogens with zero attached hydrogens (tertiary/aromatic N) is 1. The molecule has 2 atom stereocenters. The lowest BCUT2D eigenvalue weighted by Crippen LogP contribution is -2.45. The molecule has 4 rings (SSSR count). The van der Waals surface area contributed by atoms with Crippen molar-refractivity contribution in [3.8, 4) is 11.5 Å². The summed E-state index contributed by atoms with van der Waals surface area (Å²) >= 11 is 7.49. The van der Waals surface area contributed by atoms with Crippen LogP contribution in [0.15, 0.2) is 53.9 Å². The van der Waals surface area contributed by atoms with Gasteiger partial charge >= 0.3 is 0 Å². The summed E-state index contributed by atoms with van der Waals surface area (Å²) in [4.78, 5) is 29.4. The number of thiophene rings is 1. The summed E-state index contributed by atoms with van der Waals surface area (Å²) in [6, 6.07) is 14.4. The first-order valence-electron chi connectivity index (χ1n) is 10.5. The van der Waals surface area contributed by atoms with E-state index in [2.05, 4.69) is 5.32 Å². The number of hydrogen-bond acceptors (Lipinski definition) is 5.